The van der Waals surface area contributed by atoms with Crippen molar-refractivity contribution in [2.24, 2.45) is 5.41 Å². The van der Waals surface area contributed by atoms with Crippen LogP contribution in [0.15, 0.2) is 36.4 Å². The Morgan fingerprint density at radius 1 is 1.16 bits per heavy atom. The van der Waals surface area contributed by atoms with Gasteiger partial charge < -0.3 is 14.6 Å². The molecular formula is C25H32ClN3O2. The summed E-state index contributed by atoms with van der Waals surface area (Å²) in [7, 11) is 0. The second kappa shape index (κ2) is 9.73. The van der Waals surface area contributed by atoms with E-state index in [0.29, 0.717) is 19.6 Å². The van der Waals surface area contributed by atoms with E-state index < -0.39 is 5.41 Å². The lowest BCUT2D eigenvalue weighted by Crippen LogP contribution is -2.36. The molecule has 1 aromatic heterocycles. The minimum absolute atomic E-state index is 0.0529. The Balaban J connectivity index is 1.64. The van der Waals surface area contributed by atoms with E-state index >= 15 is 0 Å². The van der Waals surface area contributed by atoms with Crippen molar-refractivity contribution in [3.05, 3.63) is 58.4 Å². The third kappa shape index (κ3) is 5.79. The molecule has 0 atom stereocenters. The summed E-state index contributed by atoms with van der Waals surface area (Å²) in [5.74, 6) is 1.88. The Morgan fingerprint density at radius 2 is 1.84 bits per heavy atom. The Hall–Kier alpha value is -2.53. The SMILES string of the molecule is Cc1cc(OCCCn2c(CCNC(=O)C(C)(C)C)nc3ccccc32)cc(C)c1Cl. The molecule has 0 spiro atoms. The van der Waals surface area contributed by atoms with Crippen LogP contribution < -0.4 is 10.1 Å². The van der Waals surface area contributed by atoms with Crippen molar-refractivity contribution in [3.63, 3.8) is 0 Å². The second-order valence-corrected chi connectivity index (χ2v) is 9.38. The van der Waals surface area contributed by atoms with Gasteiger partial charge in [0.1, 0.15) is 11.6 Å². The maximum absolute atomic E-state index is 12.2. The minimum Gasteiger partial charge on any atom is -0.494 e. The largest absolute Gasteiger partial charge is 0.494 e. The number of carbonyl (C=O) groups excluding carboxylic acids is 1. The molecule has 31 heavy (non-hydrogen) atoms. The summed E-state index contributed by atoms with van der Waals surface area (Å²) in [5, 5.41) is 3.81. The number of ether oxygens (including phenoxy) is 1. The van der Waals surface area contributed by atoms with Crippen molar-refractivity contribution in [1.29, 1.82) is 0 Å². The lowest BCUT2D eigenvalue weighted by molar-refractivity contribution is -0.128. The first kappa shape index (κ1) is 23.1. The highest BCUT2D eigenvalue weighted by Gasteiger charge is 2.20. The van der Waals surface area contributed by atoms with Gasteiger partial charge in [-0.1, -0.05) is 44.5 Å². The van der Waals surface area contributed by atoms with Gasteiger partial charge >= 0.3 is 0 Å². The summed E-state index contributed by atoms with van der Waals surface area (Å²) >= 11 is 6.25. The summed E-state index contributed by atoms with van der Waals surface area (Å²) < 4.78 is 8.21. The molecule has 0 saturated carbocycles. The zero-order valence-electron chi connectivity index (χ0n) is 19.1. The van der Waals surface area contributed by atoms with Crippen LogP contribution >= 0.6 is 11.6 Å². The van der Waals surface area contributed by atoms with Crippen LogP contribution in [0.25, 0.3) is 11.0 Å². The number of imidazole rings is 1. The number of carbonyl (C=O) groups is 1. The number of halogens is 1. The van der Waals surface area contributed by atoms with Crippen molar-refractivity contribution in [1.82, 2.24) is 14.9 Å². The molecule has 3 rings (SSSR count). The molecule has 0 aliphatic heterocycles. The Kier molecular flexibility index (Phi) is 7.26. The van der Waals surface area contributed by atoms with E-state index in [1.807, 2.05) is 65.0 Å². The van der Waals surface area contributed by atoms with Crippen LogP contribution in [0.4, 0.5) is 0 Å². The summed E-state index contributed by atoms with van der Waals surface area (Å²) in [6.07, 6.45) is 1.54. The smallest absolute Gasteiger partial charge is 0.225 e. The van der Waals surface area contributed by atoms with Crippen LogP contribution in [-0.2, 0) is 17.8 Å². The lowest BCUT2D eigenvalue weighted by Gasteiger charge is -2.17. The molecule has 5 nitrogen and oxygen atoms in total. The Bertz CT molecular complexity index is 1040. The van der Waals surface area contributed by atoms with Crippen LogP contribution in [0.5, 0.6) is 5.75 Å². The predicted octanol–water partition coefficient (Wildman–Crippen LogP) is 5.48. The second-order valence-electron chi connectivity index (χ2n) is 9.00. The van der Waals surface area contributed by atoms with Crippen LogP contribution in [-0.4, -0.2) is 28.6 Å². The molecule has 0 unspecified atom stereocenters. The number of aromatic nitrogens is 2. The molecule has 0 aliphatic rings. The highest BCUT2D eigenvalue weighted by atomic mass is 35.5. The van der Waals surface area contributed by atoms with Gasteiger partial charge in [-0.05, 0) is 55.7 Å². The van der Waals surface area contributed by atoms with Gasteiger partial charge in [-0.3, -0.25) is 4.79 Å². The molecule has 2 aromatic carbocycles. The normalized spacial score (nSPS) is 11.7. The highest BCUT2D eigenvalue weighted by molar-refractivity contribution is 6.32. The number of para-hydroxylation sites is 2. The molecular weight excluding hydrogens is 410 g/mol. The van der Waals surface area contributed by atoms with Crippen LogP contribution in [0.3, 0.4) is 0 Å². The molecule has 3 aromatic rings. The van der Waals surface area contributed by atoms with Crippen LogP contribution in [0, 0.1) is 19.3 Å². The number of fused-ring (bicyclic) bond motifs is 1. The number of rotatable bonds is 8. The number of benzene rings is 2. The monoisotopic (exact) mass is 441 g/mol. The molecule has 0 saturated heterocycles. The van der Waals surface area contributed by atoms with E-state index in [1.165, 1.54) is 0 Å². The van der Waals surface area contributed by atoms with Crippen LogP contribution in [0.2, 0.25) is 5.02 Å². The zero-order valence-corrected chi connectivity index (χ0v) is 19.8. The average molecular weight is 442 g/mol. The molecule has 1 amide bonds. The van der Waals surface area contributed by atoms with Gasteiger partial charge in [0.2, 0.25) is 5.91 Å². The fraction of sp³-hybridized carbons (Fsp3) is 0.440. The number of amides is 1. The van der Waals surface area contributed by atoms with E-state index in [0.717, 1.165) is 51.7 Å². The number of hydrogen-bond donors (Lipinski definition) is 1. The first-order valence-electron chi connectivity index (χ1n) is 10.8. The number of hydrogen-bond acceptors (Lipinski definition) is 3. The standard InChI is InChI=1S/C25H32ClN3O2/c1-17-15-19(16-18(2)23(17)26)31-14-8-13-29-21-10-7-6-9-20(21)28-22(29)11-12-27-24(30)25(3,4)5/h6-7,9-10,15-16H,8,11-14H2,1-5H3,(H,27,30). The van der Waals surface area contributed by atoms with Crippen molar-refractivity contribution in [3.8, 4) is 5.75 Å². The van der Waals surface area contributed by atoms with E-state index in [1.54, 1.807) is 0 Å². The quantitative estimate of drug-likeness (QED) is 0.471. The van der Waals surface area contributed by atoms with Crippen molar-refractivity contribution in [2.75, 3.05) is 13.2 Å². The zero-order chi connectivity index (χ0) is 22.6. The van der Waals surface area contributed by atoms with Crippen molar-refractivity contribution < 1.29 is 9.53 Å². The molecule has 6 heteroatoms. The predicted molar refractivity (Wildman–Crippen MR) is 127 cm³/mol. The van der Waals surface area contributed by atoms with E-state index in [-0.39, 0.29) is 5.91 Å². The third-order valence-electron chi connectivity index (χ3n) is 5.25. The fourth-order valence-electron chi connectivity index (χ4n) is 3.52. The summed E-state index contributed by atoms with van der Waals surface area (Å²) in [6, 6.07) is 12.1. The fourth-order valence-corrected chi connectivity index (χ4v) is 3.63. The number of nitrogens with one attached hydrogen (secondary N) is 1. The van der Waals surface area contributed by atoms with Crippen LogP contribution in [0.1, 0.15) is 44.1 Å². The minimum atomic E-state index is -0.393. The maximum Gasteiger partial charge on any atom is 0.225 e. The summed E-state index contributed by atoms with van der Waals surface area (Å²) in [4.78, 5) is 17.0. The molecule has 1 N–H and O–H groups in total. The van der Waals surface area contributed by atoms with Gasteiger partial charge in [-0.2, -0.15) is 0 Å². The summed E-state index contributed by atoms with van der Waals surface area (Å²) in [6.45, 7) is 11.7. The van der Waals surface area contributed by atoms with Gasteiger partial charge in [-0.25, -0.2) is 4.98 Å². The summed E-state index contributed by atoms with van der Waals surface area (Å²) in [5.41, 5.74) is 3.74. The Morgan fingerprint density at radius 3 is 2.52 bits per heavy atom. The van der Waals surface area contributed by atoms with E-state index in [9.17, 15) is 4.79 Å². The molecule has 0 fully saturated rings. The molecule has 1 heterocycles. The lowest BCUT2D eigenvalue weighted by atomic mass is 9.96. The average Bonchev–Trinajstić information content (AvgIpc) is 3.06. The van der Waals surface area contributed by atoms with E-state index in [2.05, 4.69) is 16.0 Å². The topological polar surface area (TPSA) is 56.1 Å². The molecule has 0 radical (unpaired) electrons. The number of nitrogens with zero attached hydrogens (tertiary/aromatic N) is 2. The van der Waals surface area contributed by atoms with Crippen molar-refractivity contribution in [2.45, 2.75) is 54.0 Å². The van der Waals surface area contributed by atoms with Gasteiger partial charge in [0.05, 0.1) is 17.6 Å². The van der Waals surface area contributed by atoms with Crippen molar-refractivity contribution >= 4 is 28.5 Å². The first-order valence-corrected chi connectivity index (χ1v) is 11.2. The Labute approximate surface area is 189 Å². The third-order valence-corrected chi connectivity index (χ3v) is 5.85. The molecule has 0 bridgehead atoms. The highest BCUT2D eigenvalue weighted by Crippen LogP contribution is 2.26. The molecule has 166 valence electrons. The van der Waals surface area contributed by atoms with E-state index in [4.69, 9.17) is 21.3 Å². The van der Waals surface area contributed by atoms with Gasteiger partial charge in [0, 0.05) is 29.9 Å². The van der Waals surface area contributed by atoms with Gasteiger partial charge in [-0.15, -0.1) is 0 Å². The van der Waals surface area contributed by atoms with Gasteiger partial charge in [0.15, 0.2) is 0 Å². The van der Waals surface area contributed by atoms with Gasteiger partial charge in [0.25, 0.3) is 0 Å². The first-order chi connectivity index (χ1) is 14.7. The maximum atomic E-state index is 12.2. The molecule has 0 aliphatic carbocycles. The number of aryl methyl sites for hydroxylation is 3.